The number of ether oxygens (including phenoxy) is 2. The Balaban J connectivity index is 1.21. The number of rotatable bonds is 9. The summed E-state index contributed by atoms with van der Waals surface area (Å²) >= 11 is 3.61. The van der Waals surface area contributed by atoms with E-state index in [0.29, 0.717) is 42.2 Å². The minimum absolute atomic E-state index is 0.0225. The quantitative estimate of drug-likeness (QED) is 0.165. The zero-order chi connectivity index (χ0) is 33.8. The number of benzene rings is 3. The molecule has 3 aromatic carbocycles. The lowest BCUT2D eigenvalue weighted by atomic mass is 9.82. The molecule has 2 amide bonds. The number of fused-ring (bicyclic) bond motifs is 3. The number of aromatic nitrogens is 3. The first-order chi connectivity index (χ1) is 23.0. The van der Waals surface area contributed by atoms with E-state index < -0.39 is 31.6 Å². The van der Waals surface area contributed by atoms with E-state index in [0.717, 1.165) is 21.3 Å². The topological polar surface area (TPSA) is 110 Å². The first-order valence-electron chi connectivity index (χ1n) is 16.1. The van der Waals surface area contributed by atoms with Crippen LogP contribution in [0.4, 0.5) is 21.2 Å². The Labute approximate surface area is 287 Å². The number of carbonyl (C=O) groups excluding carboxylic acids is 2. The second-order valence-electron chi connectivity index (χ2n) is 13.2. The van der Waals surface area contributed by atoms with Crippen molar-refractivity contribution >= 4 is 53.2 Å². The normalized spacial score (nSPS) is 23.5. The van der Waals surface area contributed by atoms with Gasteiger partial charge < -0.3 is 23.6 Å². The van der Waals surface area contributed by atoms with E-state index in [2.05, 4.69) is 26.2 Å². The summed E-state index contributed by atoms with van der Waals surface area (Å²) in [4.78, 5) is 31.3. The fraction of sp³-hybridized carbons (Fsp3) is 0.371. The predicted molar refractivity (Wildman–Crippen MR) is 184 cm³/mol. The van der Waals surface area contributed by atoms with E-state index in [9.17, 15) is 14.7 Å². The van der Waals surface area contributed by atoms with Gasteiger partial charge in [0.05, 0.1) is 29.7 Å². The van der Waals surface area contributed by atoms with Crippen molar-refractivity contribution in [1.29, 1.82) is 0 Å². The zero-order valence-corrected chi connectivity index (χ0v) is 29.6. The second kappa shape index (κ2) is 12.5. The van der Waals surface area contributed by atoms with Crippen LogP contribution >= 0.6 is 15.9 Å². The van der Waals surface area contributed by atoms with Crippen LogP contribution in [0.25, 0.3) is 0 Å². The molecule has 4 aromatic rings. The molecule has 1 fully saturated rings. The summed E-state index contributed by atoms with van der Waals surface area (Å²) in [7, 11) is -3.35. The van der Waals surface area contributed by atoms with Crippen LogP contribution in [0.15, 0.2) is 77.4 Å². The molecule has 0 aliphatic carbocycles. The lowest BCUT2D eigenvalue weighted by Crippen LogP contribution is -2.45. The van der Waals surface area contributed by atoms with Gasteiger partial charge in [-0.3, -0.25) is 19.2 Å². The highest BCUT2D eigenvalue weighted by Crippen LogP contribution is 2.60. The minimum atomic E-state index is -3.35. The van der Waals surface area contributed by atoms with Gasteiger partial charge in [-0.2, -0.15) is 0 Å². The van der Waals surface area contributed by atoms with Crippen molar-refractivity contribution < 1.29 is 28.3 Å². The lowest BCUT2D eigenvalue weighted by molar-refractivity contribution is -0.146. The number of aliphatic hydroxyl groups is 1. The molecule has 0 radical (unpaired) electrons. The maximum Gasteiger partial charge on any atom is 0.269 e. The molecule has 48 heavy (non-hydrogen) atoms. The molecule has 1 spiro atoms. The van der Waals surface area contributed by atoms with Gasteiger partial charge in [0.2, 0.25) is 8.41 Å². The smallest absolute Gasteiger partial charge is 0.269 e. The molecule has 13 heteroatoms. The number of anilines is 3. The van der Waals surface area contributed by atoms with Gasteiger partial charge in [-0.25, -0.2) is 0 Å². The van der Waals surface area contributed by atoms with Crippen LogP contribution in [0.5, 0.6) is 5.75 Å². The third-order valence-corrected chi connectivity index (χ3v) is 12.7. The molecule has 4 heterocycles. The maximum atomic E-state index is 16.3. The van der Waals surface area contributed by atoms with Crippen molar-refractivity contribution in [2.75, 3.05) is 23.0 Å². The van der Waals surface area contributed by atoms with Crippen LogP contribution in [0.3, 0.4) is 0 Å². The van der Waals surface area contributed by atoms with Gasteiger partial charge in [-0.15, -0.1) is 5.10 Å². The summed E-state index contributed by atoms with van der Waals surface area (Å²) in [5.74, 6) is -0.216. The molecule has 3 aliphatic rings. The van der Waals surface area contributed by atoms with Crippen LogP contribution in [0.2, 0.25) is 18.6 Å². The largest absolute Gasteiger partial charge is 0.482 e. The molecule has 3 aliphatic heterocycles. The fourth-order valence-electron chi connectivity index (χ4n) is 7.74. The summed E-state index contributed by atoms with van der Waals surface area (Å²) in [6.45, 7) is 5.91. The number of hydrogen-bond acceptors (Lipinski definition) is 7. The summed E-state index contributed by atoms with van der Waals surface area (Å²) in [6.07, 6.45) is 2.11. The number of nitrogens with zero attached hydrogens (tertiary/aromatic N) is 5. The molecule has 1 N–H and O–H groups in total. The maximum absolute atomic E-state index is 16.3. The van der Waals surface area contributed by atoms with Gasteiger partial charge >= 0.3 is 0 Å². The third kappa shape index (κ3) is 5.56. The zero-order valence-electron chi connectivity index (χ0n) is 27.0. The molecule has 7 rings (SSSR count). The van der Waals surface area contributed by atoms with Gasteiger partial charge in [0.25, 0.3) is 11.8 Å². The first kappa shape index (κ1) is 32.6. The van der Waals surface area contributed by atoms with Gasteiger partial charge in [0.15, 0.2) is 12.2 Å². The standard InChI is InChI=1S/C35H37BrFN5O5Si/c1-22-33(48(2,3)37)31(13-15-40-20-25(14-16-43)38-39-40)47-35(22)27-18-24(36)11-12-28(27)41(34(35)45)19-23-7-6-8-26(17-23)42-29-9-4-5-10-30(29)46-21-32(42)44/h4-12,17-18,20,22,31,33,43H,13-16,19,21H2,1-3H3/t22-,31+,33-,35+/m0/s1. The highest BCUT2D eigenvalue weighted by atomic mass is 79.9. The number of aliphatic hydroxyl groups excluding tert-OH is 1. The average molecular weight is 735 g/mol. The summed E-state index contributed by atoms with van der Waals surface area (Å²) in [6, 6.07) is 20.7. The predicted octanol–water partition coefficient (Wildman–Crippen LogP) is 6.04. The van der Waals surface area contributed by atoms with Gasteiger partial charge in [-0.05, 0) is 67.5 Å². The van der Waals surface area contributed by atoms with Gasteiger partial charge in [0.1, 0.15) is 5.75 Å². The first-order valence-corrected chi connectivity index (χ1v) is 19.9. The van der Waals surface area contributed by atoms with E-state index in [1.807, 2.05) is 73.7 Å². The van der Waals surface area contributed by atoms with Crippen LogP contribution in [0, 0.1) is 5.92 Å². The molecular weight excluding hydrogens is 697 g/mol. The van der Waals surface area contributed by atoms with Crippen molar-refractivity contribution in [3.8, 4) is 5.75 Å². The number of para-hydroxylation sites is 2. The van der Waals surface area contributed by atoms with E-state index in [1.54, 1.807) is 33.8 Å². The lowest BCUT2D eigenvalue weighted by Gasteiger charge is -2.31. The summed E-state index contributed by atoms with van der Waals surface area (Å²) in [5, 5.41) is 17.6. The second-order valence-corrected chi connectivity index (χ2v) is 17.9. The van der Waals surface area contributed by atoms with E-state index in [-0.39, 0.29) is 31.6 Å². The Bertz CT molecular complexity index is 1880. The highest BCUT2D eigenvalue weighted by Gasteiger charge is 2.66. The number of halogens is 2. The highest BCUT2D eigenvalue weighted by molar-refractivity contribution is 9.10. The van der Waals surface area contributed by atoms with E-state index in [1.165, 1.54) is 0 Å². The van der Waals surface area contributed by atoms with Crippen LogP contribution < -0.4 is 14.5 Å². The van der Waals surface area contributed by atoms with Crippen molar-refractivity contribution in [1.82, 2.24) is 15.0 Å². The fourth-order valence-corrected chi connectivity index (χ4v) is 10.6. The van der Waals surface area contributed by atoms with E-state index in [4.69, 9.17) is 9.47 Å². The summed E-state index contributed by atoms with van der Waals surface area (Å²) in [5.41, 5.74) is 2.46. The van der Waals surface area contributed by atoms with Crippen molar-refractivity contribution in [3.05, 3.63) is 94.2 Å². The number of carbonyl (C=O) groups is 2. The number of aryl methyl sites for hydroxylation is 1. The van der Waals surface area contributed by atoms with Crippen LogP contribution in [-0.4, -0.2) is 59.6 Å². The molecule has 4 atom stereocenters. The van der Waals surface area contributed by atoms with Gasteiger partial charge in [0, 0.05) is 53.0 Å². The molecule has 0 unspecified atom stereocenters. The summed E-state index contributed by atoms with van der Waals surface area (Å²) < 4.78 is 31.3. The molecular formula is C35H37BrFN5O5Si. The third-order valence-electron chi connectivity index (χ3n) is 9.74. The Morgan fingerprint density at radius 1 is 1.08 bits per heavy atom. The number of amides is 2. The minimum Gasteiger partial charge on any atom is -0.482 e. The molecule has 1 aromatic heterocycles. The molecule has 0 bridgehead atoms. The number of hydrogen-bond donors (Lipinski definition) is 1. The molecule has 10 nitrogen and oxygen atoms in total. The Morgan fingerprint density at radius 2 is 1.90 bits per heavy atom. The van der Waals surface area contributed by atoms with Crippen LogP contribution in [0.1, 0.15) is 30.2 Å². The Kier molecular flexibility index (Phi) is 8.51. The van der Waals surface area contributed by atoms with Crippen LogP contribution in [-0.2, 0) is 39.4 Å². The molecule has 250 valence electrons. The Hall–Kier alpha value is -3.91. The average Bonchev–Trinajstić information content (AvgIpc) is 3.70. The van der Waals surface area contributed by atoms with E-state index >= 15 is 4.11 Å². The van der Waals surface area contributed by atoms with Crippen molar-refractivity contribution in [2.45, 2.75) is 63.2 Å². The molecule has 1 saturated heterocycles. The monoisotopic (exact) mass is 733 g/mol. The SMILES string of the molecule is C[C@H]1[C@H]([Si](C)(C)F)[C@@H](CCn2cc(CCO)nn2)O[C@]12C(=O)N(Cc1cccc(N3C(=O)COc4ccccc43)c1)c1ccc(Br)cc12. The molecule has 0 saturated carbocycles. The van der Waals surface area contributed by atoms with Crippen molar-refractivity contribution in [2.24, 2.45) is 5.92 Å². The van der Waals surface area contributed by atoms with Crippen molar-refractivity contribution in [3.63, 3.8) is 0 Å². The van der Waals surface area contributed by atoms with Gasteiger partial charge in [-0.1, -0.05) is 52.3 Å². The Morgan fingerprint density at radius 3 is 2.69 bits per heavy atom.